The van der Waals surface area contributed by atoms with Crippen LogP contribution in [0.4, 0.5) is 5.95 Å². The molecule has 8 nitrogen and oxygen atoms in total. The second-order valence-corrected chi connectivity index (χ2v) is 5.80. The molecule has 2 heterocycles. The van der Waals surface area contributed by atoms with Gasteiger partial charge in [0.05, 0.1) is 37.8 Å². The number of aromatic nitrogens is 2. The van der Waals surface area contributed by atoms with Crippen molar-refractivity contribution in [3.63, 3.8) is 0 Å². The van der Waals surface area contributed by atoms with Crippen LogP contribution in [-0.2, 0) is 23.1 Å². The third-order valence-electron chi connectivity index (χ3n) is 3.89. The van der Waals surface area contributed by atoms with Crippen molar-refractivity contribution in [2.45, 2.75) is 12.6 Å². The molecule has 0 aliphatic carbocycles. The Balaban J connectivity index is 0.00000288. The molecule has 2 rings (SSSR count). The third-order valence-corrected chi connectivity index (χ3v) is 3.89. The van der Waals surface area contributed by atoms with E-state index in [0.717, 1.165) is 30.7 Å². The van der Waals surface area contributed by atoms with Crippen LogP contribution >= 0.6 is 24.0 Å². The minimum Gasteiger partial charge on any atom is -0.382 e. The number of nitrogens with one attached hydrogen (secondary N) is 1. The van der Waals surface area contributed by atoms with E-state index < -0.39 is 0 Å². The second-order valence-electron chi connectivity index (χ2n) is 5.80. The first-order valence-corrected chi connectivity index (χ1v) is 7.80. The Kier molecular flexibility index (Phi) is 8.78. The fourth-order valence-corrected chi connectivity index (χ4v) is 2.71. The van der Waals surface area contributed by atoms with E-state index in [1.807, 2.05) is 32.2 Å². The average Bonchev–Trinajstić information content (AvgIpc) is 2.90. The Labute approximate surface area is 161 Å². The number of hydrogen-bond donors (Lipinski definition) is 1. The lowest BCUT2D eigenvalue weighted by atomic mass is 10.3. The molecule has 24 heavy (non-hydrogen) atoms. The van der Waals surface area contributed by atoms with Crippen molar-refractivity contribution in [1.82, 2.24) is 19.8 Å². The largest absolute Gasteiger partial charge is 0.382 e. The number of rotatable bonds is 5. The molecular formula is C15H29IN6O2. The molecule has 1 aromatic heterocycles. The molecule has 1 atom stereocenters. The number of methoxy groups -OCH3 is 1. The highest BCUT2D eigenvalue weighted by Crippen LogP contribution is 2.11. The molecule has 9 heteroatoms. The van der Waals surface area contributed by atoms with Crippen LogP contribution in [0.5, 0.6) is 0 Å². The molecule has 1 aromatic rings. The lowest BCUT2D eigenvalue weighted by Gasteiger charge is -2.34. The summed E-state index contributed by atoms with van der Waals surface area (Å²) in [5.74, 6) is 1.81. The molecule has 138 valence electrons. The normalized spacial score (nSPS) is 18.3. The number of nitrogens with zero attached hydrogens (tertiary/aromatic N) is 5. The first kappa shape index (κ1) is 21.0. The van der Waals surface area contributed by atoms with Crippen LogP contribution in [0.15, 0.2) is 11.2 Å². The molecule has 1 fully saturated rings. The molecular weight excluding hydrogens is 423 g/mol. The molecule has 1 unspecified atom stereocenters. The number of morpholine rings is 1. The summed E-state index contributed by atoms with van der Waals surface area (Å²) >= 11 is 0. The number of imidazole rings is 1. The summed E-state index contributed by atoms with van der Waals surface area (Å²) in [4.78, 5) is 13.0. The molecule has 1 N–H and O–H groups in total. The van der Waals surface area contributed by atoms with Crippen LogP contribution < -0.4 is 10.2 Å². The van der Waals surface area contributed by atoms with Crippen LogP contribution in [0.25, 0.3) is 0 Å². The van der Waals surface area contributed by atoms with Crippen LogP contribution in [0.2, 0.25) is 0 Å². The van der Waals surface area contributed by atoms with Gasteiger partial charge in [0.2, 0.25) is 5.95 Å². The van der Waals surface area contributed by atoms with E-state index in [0.29, 0.717) is 19.8 Å². The number of aliphatic imine (C=N–C) groups is 1. The van der Waals surface area contributed by atoms with E-state index in [1.54, 1.807) is 14.2 Å². The van der Waals surface area contributed by atoms with Crippen LogP contribution in [0, 0.1) is 0 Å². The molecule has 1 saturated heterocycles. The predicted molar refractivity (Wildman–Crippen MR) is 106 cm³/mol. The average molecular weight is 452 g/mol. The summed E-state index contributed by atoms with van der Waals surface area (Å²) in [6.45, 7) is 3.57. The van der Waals surface area contributed by atoms with Gasteiger partial charge in [0, 0.05) is 48.4 Å². The van der Waals surface area contributed by atoms with Crippen molar-refractivity contribution in [2.24, 2.45) is 12.0 Å². The van der Waals surface area contributed by atoms with Crippen molar-refractivity contribution < 1.29 is 9.47 Å². The van der Waals surface area contributed by atoms with Gasteiger partial charge in [-0.25, -0.2) is 4.98 Å². The van der Waals surface area contributed by atoms with Crippen LogP contribution in [0.3, 0.4) is 0 Å². The van der Waals surface area contributed by atoms with E-state index in [4.69, 9.17) is 9.47 Å². The van der Waals surface area contributed by atoms with Gasteiger partial charge < -0.3 is 29.2 Å². The highest BCUT2D eigenvalue weighted by molar-refractivity contribution is 14.0. The molecule has 0 spiro atoms. The molecule has 0 bridgehead atoms. The highest BCUT2D eigenvalue weighted by atomic mass is 127. The Morgan fingerprint density at radius 1 is 1.54 bits per heavy atom. The molecule has 0 aromatic carbocycles. The summed E-state index contributed by atoms with van der Waals surface area (Å²) in [5.41, 5.74) is 1.11. The first-order valence-electron chi connectivity index (χ1n) is 7.80. The maximum atomic E-state index is 5.69. The van der Waals surface area contributed by atoms with Crippen molar-refractivity contribution in [2.75, 3.05) is 59.5 Å². The quantitative estimate of drug-likeness (QED) is 0.400. The number of hydrogen-bond acceptors (Lipinski definition) is 5. The molecule has 1 aliphatic heterocycles. The van der Waals surface area contributed by atoms with Gasteiger partial charge in [-0.2, -0.15) is 0 Å². The Morgan fingerprint density at radius 3 is 2.88 bits per heavy atom. The zero-order chi connectivity index (χ0) is 16.8. The van der Waals surface area contributed by atoms with Crippen molar-refractivity contribution >= 4 is 35.9 Å². The minimum atomic E-state index is 0. The van der Waals surface area contributed by atoms with Gasteiger partial charge in [-0.3, -0.25) is 4.99 Å². The van der Waals surface area contributed by atoms with Gasteiger partial charge in [-0.05, 0) is 0 Å². The van der Waals surface area contributed by atoms with Crippen LogP contribution in [-0.4, -0.2) is 81.1 Å². The van der Waals surface area contributed by atoms with E-state index in [9.17, 15) is 0 Å². The number of anilines is 1. The van der Waals surface area contributed by atoms with Crippen molar-refractivity contribution in [3.8, 4) is 0 Å². The van der Waals surface area contributed by atoms with Gasteiger partial charge in [-0.1, -0.05) is 0 Å². The first-order chi connectivity index (χ1) is 11.1. The number of ether oxygens (including phenoxy) is 2. The lowest BCUT2D eigenvalue weighted by Crippen LogP contribution is -2.51. The van der Waals surface area contributed by atoms with Crippen molar-refractivity contribution in [3.05, 3.63) is 11.9 Å². The SMILES string of the molecule is CN=C(NCc1cnc(N(C)C)n1C)N1CCOC(COC)C1.I. The van der Waals surface area contributed by atoms with E-state index in [-0.39, 0.29) is 30.1 Å². The summed E-state index contributed by atoms with van der Waals surface area (Å²) in [6.07, 6.45) is 1.98. The summed E-state index contributed by atoms with van der Waals surface area (Å²) in [6, 6.07) is 0. The zero-order valence-corrected chi connectivity index (χ0v) is 17.5. The van der Waals surface area contributed by atoms with Crippen molar-refractivity contribution in [1.29, 1.82) is 0 Å². The Hall–Kier alpha value is -1.07. The van der Waals surface area contributed by atoms with E-state index in [1.165, 1.54) is 0 Å². The molecule has 0 saturated carbocycles. The highest BCUT2D eigenvalue weighted by Gasteiger charge is 2.22. The molecule has 1 aliphatic rings. The van der Waals surface area contributed by atoms with Gasteiger partial charge in [0.15, 0.2) is 5.96 Å². The lowest BCUT2D eigenvalue weighted by molar-refractivity contribution is -0.0447. The molecule has 0 amide bonds. The topological polar surface area (TPSA) is 67.2 Å². The minimum absolute atomic E-state index is 0. The van der Waals surface area contributed by atoms with Gasteiger partial charge in [-0.15, -0.1) is 24.0 Å². The number of halogens is 1. The van der Waals surface area contributed by atoms with Gasteiger partial charge >= 0.3 is 0 Å². The van der Waals surface area contributed by atoms with Gasteiger partial charge in [0.1, 0.15) is 0 Å². The monoisotopic (exact) mass is 452 g/mol. The zero-order valence-electron chi connectivity index (χ0n) is 15.2. The summed E-state index contributed by atoms with van der Waals surface area (Å²) < 4.78 is 12.9. The maximum absolute atomic E-state index is 5.69. The van der Waals surface area contributed by atoms with Gasteiger partial charge in [0.25, 0.3) is 0 Å². The fraction of sp³-hybridized carbons (Fsp3) is 0.733. The Morgan fingerprint density at radius 2 is 2.29 bits per heavy atom. The number of guanidine groups is 1. The maximum Gasteiger partial charge on any atom is 0.204 e. The Bertz CT molecular complexity index is 532. The fourth-order valence-electron chi connectivity index (χ4n) is 2.71. The summed E-state index contributed by atoms with van der Waals surface area (Å²) in [5, 5.41) is 3.41. The second kappa shape index (κ2) is 10.0. The standard InChI is InChI=1S/C15H28N6O2.HI/c1-16-14(21-6-7-23-13(10-21)11-22-5)17-8-12-9-18-15(19(2)3)20(12)4;/h9,13H,6-8,10-11H2,1-5H3,(H,16,17);1H. The summed E-state index contributed by atoms with van der Waals surface area (Å²) in [7, 11) is 9.49. The van der Waals surface area contributed by atoms with E-state index in [2.05, 4.69) is 24.8 Å². The van der Waals surface area contributed by atoms with Crippen LogP contribution in [0.1, 0.15) is 5.69 Å². The van der Waals surface area contributed by atoms with E-state index >= 15 is 0 Å². The smallest absolute Gasteiger partial charge is 0.204 e. The predicted octanol–water partition coefficient (Wildman–Crippen LogP) is 0.527. The third kappa shape index (κ3) is 5.21. The molecule has 0 radical (unpaired) electrons.